The molecule has 3 aliphatic carbocycles. The zero-order valence-corrected chi connectivity index (χ0v) is 16.9. The molecule has 2 unspecified atom stereocenters. The quantitative estimate of drug-likeness (QED) is 0.667. The third-order valence-electron chi connectivity index (χ3n) is 7.66. The van der Waals surface area contributed by atoms with E-state index in [0.29, 0.717) is 12.0 Å². The lowest BCUT2D eigenvalue weighted by Gasteiger charge is -2.52. The van der Waals surface area contributed by atoms with Crippen molar-refractivity contribution in [3.63, 3.8) is 0 Å². The molecule has 0 aromatic rings. The Morgan fingerprint density at radius 2 is 2.04 bits per heavy atom. The first-order valence-corrected chi connectivity index (χ1v) is 10.3. The molecule has 0 aromatic carbocycles. The molecule has 4 N–H and O–H groups in total. The highest BCUT2D eigenvalue weighted by Gasteiger charge is 2.55. The number of hydrogen-bond donors (Lipinski definition) is 3. The van der Waals surface area contributed by atoms with Gasteiger partial charge in [-0.3, -0.25) is 9.59 Å². The normalized spacial score (nSPS) is 46.5. The fourth-order valence-electron chi connectivity index (χ4n) is 5.98. The minimum Gasteiger partial charge on any atom is -0.393 e. The van der Waals surface area contributed by atoms with Crippen molar-refractivity contribution in [3.05, 3.63) is 23.8 Å². The molecule has 2 saturated carbocycles. The van der Waals surface area contributed by atoms with E-state index in [0.717, 1.165) is 0 Å². The van der Waals surface area contributed by atoms with Crippen LogP contribution in [0, 0.1) is 29.1 Å². The van der Waals surface area contributed by atoms with E-state index in [-0.39, 0.29) is 55.3 Å². The van der Waals surface area contributed by atoms with Gasteiger partial charge in [0.25, 0.3) is 0 Å². The first-order chi connectivity index (χ1) is 13.0. The number of alkyl halides is 1. The molecule has 2 fully saturated rings. The first kappa shape index (κ1) is 21.3. The Morgan fingerprint density at radius 3 is 2.68 bits per heavy atom. The minimum atomic E-state index is -1.58. The number of rotatable bonds is 2. The van der Waals surface area contributed by atoms with Crippen molar-refractivity contribution in [3.8, 4) is 0 Å². The molecule has 0 bridgehead atoms. The van der Waals surface area contributed by atoms with Crippen LogP contribution in [-0.4, -0.2) is 46.2 Å². The molecule has 0 radical (unpaired) electrons. The van der Waals surface area contributed by atoms with E-state index in [2.05, 4.69) is 0 Å². The zero-order valence-electron chi connectivity index (χ0n) is 16.9. The predicted molar refractivity (Wildman–Crippen MR) is 104 cm³/mol. The molecular weight excluding hydrogens is 361 g/mol. The summed E-state index contributed by atoms with van der Waals surface area (Å²) in [4.78, 5) is 24.3. The summed E-state index contributed by atoms with van der Waals surface area (Å²) in [5.41, 5.74) is 3.64. The van der Waals surface area contributed by atoms with Crippen LogP contribution in [0.1, 0.15) is 46.5 Å². The monoisotopic (exact) mass is 393 g/mol. The van der Waals surface area contributed by atoms with Crippen molar-refractivity contribution in [1.29, 1.82) is 0 Å². The van der Waals surface area contributed by atoms with Gasteiger partial charge in [-0.25, -0.2) is 4.39 Å². The average Bonchev–Trinajstić information content (AvgIpc) is 2.68. The van der Waals surface area contributed by atoms with E-state index >= 15 is 4.39 Å². The molecule has 8 atom stereocenters. The Kier molecular flexibility index (Phi) is 5.69. The number of hydrogen-bond acceptors (Lipinski definition) is 5. The van der Waals surface area contributed by atoms with E-state index in [4.69, 9.17) is 5.73 Å². The number of halogens is 1. The summed E-state index contributed by atoms with van der Waals surface area (Å²) >= 11 is 0. The number of ketones is 2. The number of nitrogens with two attached hydrogens (primary N) is 1. The second-order valence-electron chi connectivity index (χ2n) is 9.28. The number of aliphatic hydroxyl groups is 2. The van der Waals surface area contributed by atoms with Gasteiger partial charge < -0.3 is 15.9 Å². The summed E-state index contributed by atoms with van der Waals surface area (Å²) in [6.07, 6.45) is 3.63. The summed E-state index contributed by atoms with van der Waals surface area (Å²) in [7, 11) is 0. The molecular formula is C22H32FNO4. The van der Waals surface area contributed by atoms with Crippen molar-refractivity contribution < 1.29 is 24.2 Å². The van der Waals surface area contributed by atoms with Crippen molar-refractivity contribution in [2.75, 3.05) is 6.54 Å². The maximum Gasteiger partial charge on any atom is 0.178 e. The van der Waals surface area contributed by atoms with Crippen LogP contribution in [0.5, 0.6) is 0 Å². The maximum atomic E-state index is 15.1. The lowest BCUT2D eigenvalue weighted by molar-refractivity contribution is -0.143. The van der Waals surface area contributed by atoms with Gasteiger partial charge >= 0.3 is 0 Å². The number of carbonyl (C=O) groups excluding carboxylic acids is 2. The van der Waals surface area contributed by atoms with Crippen LogP contribution < -0.4 is 5.73 Å². The highest BCUT2D eigenvalue weighted by Crippen LogP contribution is 2.56. The topological polar surface area (TPSA) is 101 Å². The summed E-state index contributed by atoms with van der Waals surface area (Å²) in [6, 6.07) is 0. The average molecular weight is 393 g/mol. The van der Waals surface area contributed by atoms with Crippen LogP contribution in [0.25, 0.3) is 0 Å². The Hall–Kier alpha value is -1.37. The lowest BCUT2D eigenvalue weighted by Crippen LogP contribution is -2.50. The zero-order chi connectivity index (χ0) is 20.9. The van der Waals surface area contributed by atoms with E-state index in [1.807, 2.05) is 20.8 Å². The van der Waals surface area contributed by atoms with Gasteiger partial charge in [0.15, 0.2) is 11.6 Å². The molecule has 156 valence electrons. The molecule has 0 aliphatic heterocycles. The number of carbonyl (C=O) groups is 2. The standard InChI is InChI=1S/C22H32FNO4/c1-12-8-13(2)22(28,19(27)11-24)7-5-18(26)20-15(12)10-17(23)16-9-14(25)4-6-21(16,20)3/h4,6,9,12-13,15,17-18,20,26,28H,5,7-8,10-11,24H2,1-3H3/t12?,13-,15+,17+,18+,20?,21+,22+/m1/s1. The van der Waals surface area contributed by atoms with E-state index in [9.17, 15) is 19.8 Å². The van der Waals surface area contributed by atoms with Gasteiger partial charge in [-0.05, 0) is 61.2 Å². The van der Waals surface area contributed by atoms with Gasteiger partial charge in [-0.2, -0.15) is 0 Å². The lowest BCUT2D eigenvalue weighted by atomic mass is 9.53. The summed E-state index contributed by atoms with van der Waals surface area (Å²) in [5, 5.41) is 22.3. The Morgan fingerprint density at radius 1 is 1.36 bits per heavy atom. The summed E-state index contributed by atoms with van der Waals surface area (Å²) in [6.45, 7) is 5.47. The van der Waals surface area contributed by atoms with E-state index in [1.165, 1.54) is 12.2 Å². The molecule has 0 amide bonds. The van der Waals surface area contributed by atoms with Crippen LogP contribution in [0.2, 0.25) is 0 Å². The van der Waals surface area contributed by atoms with Crippen LogP contribution in [-0.2, 0) is 9.59 Å². The van der Waals surface area contributed by atoms with Crippen molar-refractivity contribution in [2.45, 2.75) is 64.3 Å². The third-order valence-corrected chi connectivity index (χ3v) is 7.66. The summed E-state index contributed by atoms with van der Waals surface area (Å²) < 4.78 is 15.1. The molecule has 0 aromatic heterocycles. The van der Waals surface area contributed by atoms with Crippen LogP contribution in [0.3, 0.4) is 0 Å². The Balaban J connectivity index is 2.03. The number of fused-ring (bicyclic) bond motifs is 3. The first-order valence-electron chi connectivity index (χ1n) is 10.3. The Labute approximate surface area is 165 Å². The van der Waals surface area contributed by atoms with Gasteiger partial charge in [0.2, 0.25) is 0 Å². The fraction of sp³-hybridized carbons (Fsp3) is 0.727. The van der Waals surface area contributed by atoms with Gasteiger partial charge in [0, 0.05) is 11.3 Å². The number of Topliss-reactive ketones (excluding diaryl/α,β-unsaturated/α-hetero) is 1. The smallest absolute Gasteiger partial charge is 0.178 e. The molecule has 6 heteroatoms. The molecule has 0 saturated heterocycles. The fourth-order valence-corrected chi connectivity index (χ4v) is 5.98. The van der Waals surface area contributed by atoms with Crippen LogP contribution >= 0.6 is 0 Å². The SMILES string of the molecule is CC1C[C@@H](C)[C@](O)(C(=O)CN)CC[C@H](O)C2[C@H]1C[C@H](F)C1=CC(=O)C=C[C@@]12C. The van der Waals surface area contributed by atoms with E-state index < -0.39 is 29.1 Å². The van der Waals surface area contributed by atoms with Gasteiger partial charge in [-0.15, -0.1) is 0 Å². The highest BCUT2D eigenvalue weighted by atomic mass is 19.1. The number of allylic oxidation sites excluding steroid dienone is 4. The van der Waals surface area contributed by atoms with Gasteiger partial charge in [0.1, 0.15) is 11.8 Å². The predicted octanol–water partition coefficient (Wildman–Crippen LogP) is 2.11. The molecule has 0 heterocycles. The van der Waals surface area contributed by atoms with Gasteiger partial charge in [-0.1, -0.05) is 26.8 Å². The molecule has 0 spiro atoms. The van der Waals surface area contributed by atoms with Crippen molar-refractivity contribution >= 4 is 11.6 Å². The minimum absolute atomic E-state index is 0.00694. The van der Waals surface area contributed by atoms with Crippen LogP contribution in [0.15, 0.2) is 23.8 Å². The van der Waals surface area contributed by atoms with Crippen LogP contribution in [0.4, 0.5) is 4.39 Å². The molecule has 3 aliphatic rings. The number of aliphatic hydroxyl groups excluding tert-OH is 1. The molecule has 3 rings (SSSR count). The largest absolute Gasteiger partial charge is 0.393 e. The maximum absolute atomic E-state index is 15.1. The van der Waals surface area contributed by atoms with Gasteiger partial charge in [0.05, 0.1) is 12.6 Å². The highest BCUT2D eigenvalue weighted by molar-refractivity contribution is 6.01. The summed E-state index contributed by atoms with van der Waals surface area (Å²) in [5.74, 6) is -1.39. The molecule has 28 heavy (non-hydrogen) atoms. The Bertz CT molecular complexity index is 719. The molecule has 5 nitrogen and oxygen atoms in total. The second-order valence-corrected chi connectivity index (χ2v) is 9.28. The van der Waals surface area contributed by atoms with Crippen molar-refractivity contribution in [2.24, 2.45) is 34.8 Å². The van der Waals surface area contributed by atoms with Crippen molar-refractivity contribution in [1.82, 2.24) is 0 Å². The third kappa shape index (κ3) is 3.29. The van der Waals surface area contributed by atoms with E-state index in [1.54, 1.807) is 6.08 Å². The second kappa shape index (κ2) is 7.47.